The van der Waals surface area contributed by atoms with E-state index in [9.17, 15) is 0 Å². The summed E-state index contributed by atoms with van der Waals surface area (Å²) in [6.45, 7) is 0. The Morgan fingerprint density at radius 1 is 0.739 bits per heavy atom. The van der Waals surface area contributed by atoms with Gasteiger partial charge in [0.05, 0.1) is 12.2 Å². The molecular formula is C44H53NO. The third-order valence-corrected chi connectivity index (χ3v) is 12.1. The fourth-order valence-electron chi connectivity index (χ4n) is 10.00. The monoisotopic (exact) mass is 611 g/mol. The van der Waals surface area contributed by atoms with Crippen LogP contribution in [0.5, 0.6) is 0 Å². The second-order valence-electron chi connectivity index (χ2n) is 14.9. The first-order valence-corrected chi connectivity index (χ1v) is 18.8. The fraction of sp³-hybridized carbons (Fsp3) is 0.500. The molecule has 8 rings (SSSR count). The lowest BCUT2D eigenvalue weighted by atomic mass is 9.65. The van der Waals surface area contributed by atoms with Crippen molar-refractivity contribution in [1.29, 1.82) is 0 Å². The van der Waals surface area contributed by atoms with E-state index in [4.69, 9.17) is 4.74 Å². The minimum Gasteiger partial charge on any atom is -0.370 e. The molecular weight excluding hydrogens is 558 g/mol. The zero-order chi connectivity index (χ0) is 30.7. The highest BCUT2D eigenvalue weighted by atomic mass is 16.5. The van der Waals surface area contributed by atoms with Gasteiger partial charge in [-0.25, -0.2) is 0 Å². The van der Waals surface area contributed by atoms with Crippen LogP contribution in [0.1, 0.15) is 101 Å². The fourth-order valence-corrected chi connectivity index (χ4v) is 10.00. The normalized spacial score (nSPS) is 33.2. The molecule has 2 heteroatoms. The maximum absolute atomic E-state index is 6.59. The van der Waals surface area contributed by atoms with Gasteiger partial charge in [-0.05, 0) is 113 Å². The molecule has 2 nitrogen and oxygen atoms in total. The highest BCUT2D eigenvalue weighted by Crippen LogP contribution is 2.50. The molecule has 0 aromatic heterocycles. The van der Waals surface area contributed by atoms with Gasteiger partial charge in [-0.15, -0.1) is 0 Å². The topological polar surface area (TPSA) is 12.5 Å². The summed E-state index contributed by atoms with van der Waals surface area (Å²) in [4.78, 5) is 2.83. The van der Waals surface area contributed by atoms with Gasteiger partial charge in [-0.2, -0.15) is 0 Å². The predicted octanol–water partition coefficient (Wildman–Crippen LogP) is 11.1. The van der Waals surface area contributed by atoms with Crippen LogP contribution in [-0.2, 0) is 4.74 Å². The summed E-state index contributed by atoms with van der Waals surface area (Å²) in [5.74, 6) is 2.49. The molecule has 1 aromatic carbocycles. The van der Waals surface area contributed by atoms with Gasteiger partial charge < -0.3 is 9.64 Å². The van der Waals surface area contributed by atoms with Crippen molar-refractivity contribution in [2.45, 2.75) is 114 Å². The van der Waals surface area contributed by atoms with Crippen molar-refractivity contribution in [2.24, 2.45) is 23.7 Å². The summed E-state index contributed by atoms with van der Waals surface area (Å²) >= 11 is 0. The molecule has 0 saturated carbocycles. The largest absolute Gasteiger partial charge is 0.370 e. The standard InChI is InChI=1S/C44H53NO/c1-5-16-32(17-6-1)43(33-18-7-2-8-19-33)44(34-20-9-3-10-21-34)35-22-15-25-37(30-35)45(36-23-11-4-12-24-36)38-28-29-42-40(31-38)39-26-13-14-27-41(39)46-42/h1,3-6,9,11,13,16-18,20,26,28-31,35-36,39-44H,2,7-8,10,12,14-15,19,21-25,27H2. The lowest BCUT2D eigenvalue weighted by molar-refractivity contribution is 0.0525. The van der Waals surface area contributed by atoms with E-state index in [-0.39, 0.29) is 6.10 Å². The SMILES string of the molecule is C1=CCCC(C(C2C=C(N(C3=CC4C(C=C3)OC3CCC=CC34)C3CC=CCC3)CCC2)C(C2=CCCCC2)c2ccccc2)=C1. The summed E-state index contributed by atoms with van der Waals surface area (Å²) < 4.78 is 6.59. The number of ether oxygens (including phenoxy) is 1. The molecule has 0 amide bonds. The first kappa shape index (κ1) is 30.2. The summed E-state index contributed by atoms with van der Waals surface area (Å²) in [7, 11) is 0. The molecule has 0 N–H and O–H groups in total. The molecule has 46 heavy (non-hydrogen) atoms. The summed E-state index contributed by atoms with van der Waals surface area (Å²) in [6.07, 6.45) is 47.6. The summed E-state index contributed by atoms with van der Waals surface area (Å²) in [6, 6.07) is 12.1. The van der Waals surface area contributed by atoms with Crippen LogP contribution >= 0.6 is 0 Å². The van der Waals surface area contributed by atoms with E-state index in [2.05, 4.69) is 108 Å². The molecule has 7 aliphatic rings. The number of hydrogen-bond donors (Lipinski definition) is 0. The Balaban J connectivity index is 1.19. The Kier molecular flexibility index (Phi) is 9.17. The van der Waals surface area contributed by atoms with Gasteiger partial charge in [0.15, 0.2) is 0 Å². The molecule has 0 spiro atoms. The van der Waals surface area contributed by atoms with E-state index in [1.54, 1.807) is 16.8 Å². The van der Waals surface area contributed by atoms with Gasteiger partial charge >= 0.3 is 0 Å². The molecule has 240 valence electrons. The third kappa shape index (κ3) is 6.15. The highest BCUT2D eigenvalue weighted by molar-refractivity contribution is 5.39. The van der Waals surface area contributed by atoms with E-state index in [1.165, 1.54) is 88.3 Å². The van der Waals surface area contributed by atoms with Crippen LogP contribution in [0, 0.1) is 23.7 Å². The first-order chi connectivity index (χ1) is 22.8. The van der Waals surface area contributed by atoms with Crippen molar-refractivity contribution in [3.05, 3.63) is 131 Å². The van der Waals surface area contributed by atoms with E-state index in [0.29, 0.717) is 41.7 Å². The molecule has 1 fully saturated rings. The van der Waals surface area contributed by atoms with Gasteiger partial charge in [0, 0.05) is 35.2 Å². The van der Waals surface area contributed by atoms with Crippen LogP contribution in [0.25, 0.3) is 0 Å². The maximum Gasteiger partial charge on any atom is 0.0833 e. The zero-order valence-electron chi connectivity index (χ0n) is 27.7. The van der Waals surface area contributed by atoms with E-state index < -0.39 is 0 Å². The molecule has 0 radical (unpaired) electrons. The van der Waals surface area contributed by atoms with Crippen LogP contribution < -0.4 is 0 Å². The number of nitrogens with zero attached hydrogens (tertiary/aromatic N) is 1. The van der Waals surface area contributed by atoms with Crippen molar-refractivity contribution < 1.29 is 4.74 Å². The minimum atomic E-state index is 0.230. The predicted molar refractivity (Wildman–Crippen MR) is 191 cm³/mol. The van der Waals surface area contributed by atoms with Crippen LogP contribution in [0.2, 0.25) is 0 Å². The number of benzene rings is 1. The molecule has 6 aliphatic carbocycles. The average Bonchev–Trinajstić information content (AvgIpc) is 3.50. The number of allylic oxidation sites excluding steroid dienone is 11. The number of rotatable bonds is 8. The third-order valence-electron chi connectivity index (χ3n) is 12.1. The van der Waals surface area contributed by atoms with Gasteiger partial charge in [-0.3, -0.25) is 0 Å². The van der Waals surface area contributed by atoms with E-state index in [1.807, 2.05) is 0 Å². The Labute approximate surface area is 278 Å². The second-order valence-corrected chi connectivity index (χ2v) is 14.9. The molecule has 8 atom stereocenters. The molecule has 1 aromatic rings. The zero-order valence-corrected chi connectivity index (χ0v) is 27.7. The molecule has 0 bridgehead atoms. The summed E-state index contributed by atoms with van der Waals surface area (Å²) in [5.41, 5.74) is 7.92. The van der Waals surface area contributed by atoms with Crippen LogP contribution in [-0.4, -0.2) is 23.1 Å². The van der Waals surface area contributed by atoms with Gasteiger partial charge in [0.1, 0.15) is 0 Å². The Morgan fingerprint density at radius 2 is 1.67 bits per heavy atom. The molecule has 8 unspecified atom stereocenters. The highest BCUT2D eigenvalue weighted by Gasteiger charge is 2.44. The van der Waals surface area contributed by atoms with Crippen LogP contribution in [0.4, 0.5) is 0 Å². The van der Waals surface area contributed by atoms with E-state index >= 15 is 0 Å². The van der Waals surface area contributed by atoms with Crippen molar-refractivity contribution in [3.8, 4) is 0 Å². The average molecular weight is 612 g/mol. The van der Waals surface area contributed by atoms with Gasteiger partial charge in [0.25, 0.3) is 0 Å². The van der Waals surface area contributed by atoms with Gasteiger partial charge in [-0.1, -0.05) is 108 Å². The Morgan fingerprint density at radius 3 is 2.50 bits per heavy atom. The Hall–Kier alpha value is -3.10. The molecule has 1 aliphatic heterocycles. The second kappa shape index (κ2) is 13.9. The Bertz CT molecular complexity index is 1480. The van der Waals surface area contributed by atoms with Crippen molar-refractivity contribution in [1.82, 2.24) is 4.90 Å². The molecule has 1 heterocycles. The van der Waals surface area contributed by atoms with Crippen LogP contribution in [0.15, 0.2) is 126 Å². The lowest BCUT2D eigenvalue weighted by Crippen LogP contribution is -2.38. The van der Waals surface area contributed by atoms with Crippen molar-refractivity contribution in [2.75, 3.05) is 0 Å². The lowest BCUT2D eigenvalue weighted by Gasteiger charge is -2.43. The minimum absolute atomic E-state index is 0.230. The summed E-state index contributed by atoms with van der Waals surface area (Å²) in [5, 5.41) is 0. The first-order valence-electron chi connectivity index (χ1n) is 18.8. The van der Waals surface area contributed by atoms with Crippen molar-refractivity contribution in [3.63, 3.8) is 0 Å². The number of fused-ring (bicyclic) bond motifs is 3. The maximum atomic E-state index is 6.59. The number of hydrogen-bond acceptors (Lipinski definition) is 2. The quantitative estimate of drug-likeness (QED) is 0.271. The van der Waals surface area contributed by atoms with E-state index in [0.717, 1.165) is 12.8 Å². The molecule has 1 saturated heterocycles. The van der Waals surface area contributed by atoms with Crippen LogP contribution in [0.3, 0.4) is 0 Å². The van der Waals surface area contributed by atoms with Gasteiger partial charge in [0.2, 0.25) is 0 Å². The van der Waals surface area contributed by atoms with Crippen molar-refractivity contribution >= 4 is 0 Å². The smallest absolute Gasteiger partial charge is 0.0833 e.